The molecule has 0 aromatic heterocycles. The van der Waals surface area contributed by atoms with Crippen LogP contribution in [-0.4, -0.2) is 0 Å². The Labute approximate surface area is 60.6 Å². The third-order valence-electron chi connectivity index (χ3n) is 0. The van der Waals surface area contributed by atoms with Crippen molar-refractivity contribution in [2.75, 3.05) is 0 Å². The van der Waals surface area contributed by atoms with E-state index >= 15 is 0 Å². The van der Waals surface area contributed by atoms with Crippen molar-refractivity contribution in [1.82, 2.24) is 0 Å². The summed E-state index contributed by atoms with van der Waals surface area (Å²) in [7, 11) is 0. The van der Waals surface area contributed by atoms with Crippen LogP contribution < -0.4 is 0 Å². The van der Waals surface area contributed by atoms with Crippen molar-refractivity contribution >= 4 is 9.90 Å². The summed E-state index contributed by atoms with van der Waals surface area (Å²) in [5.41, 5.74) is 0. The molecule has 0 heterocycles. The van der Waals surface area contributed by atoms with Crippen molar-refractivity contribution in [1.29, 1.82) is 0 Å². The molecule has 0 amide bonds. The van der Waals surface area contributed by atoms with E-state index in [0.29, 0.717) is 0 Å². The molecule has 0 aliphatic rings. The third-order valence-corrected chi connectivity index (χ3v) is 0. The average molecular weight is 198 g/mol. The van der Waals surface area contributed by atoms with Gasteiger partial charge in [0.25, 0.3) is 0 Å². The predicted octanol–water partition coefficient (Wildman–Crippen LogP) is 0.854. The second-order valence-corrected chi connectivity index (χ2v) is 0. The maximum Gasteiger partial charge on any atom is 0 e. The molecule has 0 nitrogen and oxygen atoms in total. The minimum Gasteiger partial charge on any atom is 0 e. The maximum atomic E-state index is 0. The van der Waals surface area contributed by atoms with Gasteiger partial charge in [-0.1, -0.05) is 0 Å². The van der Waals surface area contributed by atoms with E-state index in [4.69, 9.17) is 0 Å². The van der Waals surface area contributed by atoms with Crippen LogP contribution in [0.15, 0.2) is 0 Å². The second-order valence-electron chi connectivity index (χ2n) is 0. The maximum absolute atomic E-state index is 0. The fourth-order valence-electron chi connectivity index (χ4n) is 0. The molecule has 4 heavy (non-hydrogen) atoms. The van der Waals surface area contributed by atoms with Crippen LogP contribution in [-0.2, 0) is 50.9 Å². The molecule has 0 fully saturated rings. The van der Waals surface area contributed by atoms with Crippen molar-refractivity contribution in [2.45, 2.75) is 0 Å². The van der Waals surface area contributed by atoms with Crippen LogP contribution in [0.2, 0.25) is 0 Å². The molecule has 29 valence electrons. The van der Waals surface area contributed by atoms with Gasteiger partial charge in [0.05, 0.1) is 0 Å². The molecule has 3 radical (unpaired) electrons. The third kappa shape index (κ3) is 9.02. The zero-order valence-electron chi connectivity index (χ0n) is 1.53. The van der Waals surface area contributed by atoms with E-state index < -0.39 is 0 Å². The molecular weight excluding hydrogens is 198 g/mol. The minimum absolute atomic E-state index is 0. The zero-order chi connectivity index (χ0) is 0. The van der Waals surface area contributed by atoms with Gasteiger partial charge in [-0.15, -0.1) is 0 Å². The molecule has 0 saturated heterocycles. The summed E-state index contributed by atoms with van der Waals surface area (Å²) in [6.45, 7) is 0. The molecule has 0 N–H and O–H groups in total. The van der Waals surface area contributed by atoms with Gasteiger partial charge in [-0.2, -0.15) is 0 Å². The van der Waals surface area contributed by atoms with Crippen LogP contribution in [0.5, 0.6) is 0 Å². The molecule has 0 rings (SSSR count). The van der Waals surface area contributed by atoms with Gasteiger partial charge in [-0.05, 0) is 0 Å². The molecule has 0 atom stereocenters. The van der Waals surface area contributed by atoms with Crippen LogP contribution in [0.1, 0.15) is 0 Å². The van der Waals surface area contributed by atoms with Gasteiger partial charge < -0.3 is 0 Å². The molecular formula is CrFeNiP. The van der Waals surface area contributed by atoms with E-state index in [1.807, 2.05) is 0 Å². The Balaban J connectivity index is 0. The van der Waals surface area contributed by atoms with E-state index in [0.717, 1.165) is 0 Å². The molecule has 0 aromatic carbocycles. The topological polar surface area (TPSA) is 0 Å². The second kappa shape index (κ2) is 20.1. The summed E-state index contributed by atoms with van der Waals surface area (Å²) in [6, 6.07) is 0. The largest absolute Gasteiger partial charge is 0 e. The molecule has 0 bridgehead atoms. The number of rotatable bonds is 0. The van der Waals surface area contributed by atoms with E-state index in [9.17, 15) is 0 Å². The predicted molar refractivity (Wildman–Crippen MR) is 6.92 cm³/mol. The Morgan fingerprint density at radius 2 is 1.00 bits per heavy atom. The number of hydrogen-bond donors (Lipinski definition) is 0. The van der Waals surface area contributed by atoms with E-state index in [1.54, 1.807) is 0 Å². The van der Waals surface area contributed by atoms with E-state index in [1.165, 1.54) is 0 Å². The number of hydrogen-bond acceptors (Lipinski definition) is 0. The smallest absolute Gasteiger partial charge is 0 e. The molecule has 0 aliphatic carbocycles. The normalized spacial score (nSPS) is 0. The van der Waals surface area contributed by atoms with Crippen LogP contribution in [0.4, 0.5) is 0 Å². The standard InChI is InChI=1S/Cr.Fe.Ni.P. The SMILES string of the molecule is [Cr].[Fe].[Ni].[P]. The summed E-state index contributed by atoms with van der Waals surface area (Å²) in [5, 5.41) is 0. The Morgan fingerprint density at radius 1 is 1.00 bits per heavy atom. The monoisotopic (exact) mass is 197 g/mol. The van der Waals surface area contributed by atoms with Crippen molar-refractivity contribution < 1.29 is 50.9 Å². The first kappa shape index (κ1) is 37.9. The van der Waals surface area contributed by atoms with Crippen LogP contribution >= 0.6 is 9.90 Å². The quantitative estimate of drug-likeness (QED) is 0.399. The van der Waals surface area contributed by atoms with Gasteiger partial charge in [-0.25, -0.2) is 0 Å². The fourth-order valence-corrected chi connectivity index (χ4v) is 0. The Bertz CT molecular complexity index is 8.00. The summed E-state index contributed by atoms with van der Waals surface area (Å²) in [6.07, 6.45) is 0. The minimum atomic E-state index is 0. The van der Waals surface area contributed by atoms with Crippen molar-refractivity contribution in [3.05, 3.63) is 0 Å². The molecule has 0 aromatic rings. The van der Waals surface area contributed by atoms with Crippen LogP contribution in [0.25, 0.3) is 0 Å². The first-order valence-electron chi connectivity index (χ1n) is 0. The summed E-state index contributed by atoms with van der Waals surface area (Å²) < 4.78 is 0. The first-order valence-corrected chi connectivity index (χ1v) is 0. The molecule has 0 spiro atoms. The zero-order valence-corrected chi connectivity index (χ0v) is 5.79. The van der Waals surface area contributed by atoms with Crippen LogP contribution in [0, 0.1) is 0 Å². The Kier molecular flexibility index (Phi) is 191. The summed E-state index contributed by atoms with van der Waals surface area (Å²) in [4.78, 5) is 0. The van der Waals surface area contributed by atoms with Gasteiger partial charge in [0, 0.05) is 60.8 Å². The van der Waals surface area contributed by atoms with Crippen LogP contribution in [0.3, 0.4) is 0 Å². The van der Waals surface area contributed by atoms with Gasteiger partial charge >= 0.3 is 0 Å². The van der Waals surface area contributed by atoms with Gasteiger partial charge in [-0.3, -0.25) is 0 Å². The van der Waals surface area contributed by atoms with Gasteiger partial charge in [0.2, 0.25) is 0 Å². The fraction of sp³-hybridized carbons (Fsp3) is 0. The first-order chi connectivity index (χ1) is 0. The van der Waals surface area contributed by atoms with Gasteiger partial charge in [0.1, 0.15) is 0 Å². The molecule has 0 unspecified atom stereocenters. The summed E-state index contributed by atoms with van der Waals surface area (Å²) in [5.74, 6) is 0. The van der Waals surface area contributed by atoms with Crippen molar-refractivity contribution in [3.63, 3.8) is 0 Å². The van der Waals surface area contributed by atoms with Crippen molar-refractivity contribution in [3.8, 4) is 0 Å². The Hall–Kier alpha value is 1.98. The van der Waals surface area contributed by atoms with E-state index in [2.05, 4.69) is 0 Å². The van der Waals surface area contributed by atoms with E-state index in [-0.39, 0.29) is 60.8 Å². The Morgan fingerprint density at radius 3 is 1.00 bits per heavy atom. The summed E-state index contributed by atoms with van der Waals surface area (Å²) >= 11 is 0. The van der Waals surface area contributed by atoms with Crippen molar-refractivity contribution in [2.24, 2.45) is 0 Å². The van der Waals surface area contributed by atoms with Gasteiger partial charge in [0.15, 0.2) is 0 Å². The average Bonchev–Trinajstić information content (AvgIpc) is 0. The molecule has 4 heteroatoms. The molecule has 0 aliphatic heterocycles. The molecule has 0 saturated carbocycles.